The lowest BCUT2D eigenvalue weighted by molar-refractivity contribution is -0.142. The van der Waals surface area contributed by atoms with Crippen LogP contribution in [0.2, 0.25) is 24.2 Å². The Morgan fingerprint density at radius 1 is 1.44 bits per heavy atom. The number of hydrogen-bond donors (Lipinski definition) is 0. The standard InChI is InChI=1S/C13H22O2Si/c1-5-15-13(14)11(2)16(3,4)12-9-7-6-8-10-12/h7-12H,5-6H2,1-4H3/t11-/m0/s1. The Labute approximate surface area is 99.4 Å². The van der Waals surface area contributed by atoms with Crippen LogP contribution in [0.25, 0.3) is 0 Å². The van der Waals surface area contributed by atoms with Crippen molar-refractivity contribution in [2.45, 2.75) is 44.4 Å². The fraction of sp³-hybridized carbons (Fsp3) is 0.615. The highest BCUT2D eigenvalue weighted by Gasteiger charge is 2.39. The second kappa shape index (κ2) is 5.48. The first kappa shape index (κ1) is 13.2. The van der Waals surface area contributed by atoms with Gasteiger partial charge in [-0.25, -0.2) is 0 Å². The highest BCUT2D eigenvalue weighted by Crippen LogP contribution is 2.37. The average molecular weight is 238 g/mol. The highest BCUT2D eigenvalue weighted by atomic mass is 28.3. The van der Waals surface area contributed by atoms with Crippen LogP contribution >= 0.6 is 0 Å². The number of carbonyl (C=O) groups is 1. The van der Waals surface area contributed by atoms with Crippen molar-refractivity contribution in [3.63, 3.8) is 0 Å². The molecule has 0 bridgehead atoms. The molecule has 0 unspecified atom stereocenters. The molecule has 0 N–H and O–H groups in total. The summed E-state index contributed by atoms with van der Waals surface area (Å²) in [6.07, 6.45) is 9.91. The number of esters is 1. The summed E-state index contributed by atoms with van der Waals surface area (Å²) in [6, 6.07) is 0. The Hall–Kier alpha value is -0.833. The SMILES string of the molecule is CCOC(=O)[C@H](C)[Si](C)(C)C1C=CCC=C1. The van der Waals surface area contributed by atoms with Crippen LogP contribution in [-0.4, -0.2) is 20.7 Å². The Morgan fingerprint density at radius 2 is 2.00 bits per heavy atom. The van der Waals surface area contributed by atoms with E-state index in [0.29, 0.717) is 12.1 Å². The Morgan fingerprint density at radius 3 is 2.50 bits per heavy atom. The van der Waals surface area contributed by atoms with Gasteiger partial charge in [-0.15, -0.1) is 0 Å². The molecule has 1 rings (SSSR count). The van der Waals surface area contributed by atoms with Crippen molar-refractivity contribution in [2.75, 3.05) is 6.61 Å². The predicted octanol–water partition coefficient (Wildman–Crippen LogP) is 3.53. The third-order valence-electron chi connectivity index (χ3n) is 3.57. The van der Waals surface area contributed by atoms with Gasteiger partial charge in [0.1, 0.15) is 0 Å². The van der Waals surface area contributed by atoms with Crippen LogP contribution in [0.3, 0.4) is 0 Å². The minimum Gasteiger partial charge on any atom is -0.466 e. The van der Waals surface area contributed by atoms with Gasteiger partial charge in [0.15, 0.2) is 0 Å². The number of rotatable bonds is 4. The second-order valence-electron chi connectivity index (χ2n) is 4.91. The quantitative estimate of drug-likeness (QED) is 0.425. The first-order valence-electron chi connectivity index (χ1n) is 6.00. The van der Waals surface area contributed by atoms with Crippen molar-refractivity contribution in [3.8, 4) is 0 Å². The molecule has 0 aliphatic heterocycles. The normalized spacial score (nSPS) is 18.5. The molecule has 0 saturated carbocycles. The highest BCUT2D eigenvalue weighted by molar-refractivity contribution is 6.83. The maximum absolute atomic E-state index is 11.8. The minimum absolute atomic E-state index is 0.0356. The van der Waals surface area contributed by atoms with Crippen molar-refractivity contribution < 1.29 is 9.53 Å². The van der Waals surface area contributed by atoms with E-state index in [1.807, 2.05) is 13.8 Å². The Bertz CT molecular complexity index is 293. The van der Waals surface area contributed by atoms with Crippen molar-refractivity contribution in [3.05, 3.63) is 24.3 Å². The summed E-state index contributed by atoms with van der Waals surface area (Å²) in [4.78, 5) is 11.8. The van der Waals surface area contributed by atoms with Gasteiger partial charge < -0.3 is 4.74 Å². The molecule has 0 saturated heterocycles. The van der Waals surface area contributed by atoms with E-state index in [-0.39, 0.29) is 11.5 Å². The van der Waals surface area contributed by atoms with Gasteiger partial charge in [-0.1, -0.05) is 44.3 Å². The lowest BCUT2D eigenvalue weighted by Crippen LogP contribution is -2.40. The molecule has 0 aromatic rings. The van der Waals surface area contributed by atoms with Gasteiger partial charge in [-0.2, -0.15) is 0 Å². The lowest BCUT2D eigenvalue weighted by Gasteiger charge is -2.33. The topological polar surface area (TPSA) is 26.3 Å². The molecular formula is C13H22O2Si. The molecule has 3 heteroatoms. The molecule has 90 valence electrons. The van der Waals surface area contributed by atoms with Gasteiger partial charge in [0.25, 0.3) is 0 Å². The summed E-state index contributed by atoms with van der Waals surface area (Å²) < 4.78 is 5.13. The van der Waals surface area contributed by atoms with Crippen LogP contribution in [0.15, 0.2) is 24.3 Å². The zero-order valence-electron chi connectivity index (χ0n) is 10.7. The average Bonchev–Trinajstić information content (AvgIpc) is 2.29. The Kier molecular flexibility index (Phi) is 4.53. The largest absolute Gasteiger partial charge is 0.466 e. The number of allylic oxidation sites excluding steroid dienone is 4. The zero-order valence-corrected chi connectivity index (χ0v) is 11.7. The maximum atomic E-state index is 11.8. The van der Waals surface area contributed by atoms with Crippen molar-refractivity contribution in [1.29, 1.82) is 0 Å². The molecule has 1 atom stereocenters. The van der Waals surface area contributed by atoms with E-state index in [2.05, 4.69) is 37.4 Å². The number of ether oxygens (including phenoxy) is 1. The van der Waals surface area contributed by atoms with Crippen LogP contribution in [0.1, 0.15) is 20.3 Å². The molecule has 0 aromatic heterocycles. The van der Waals surface area contributed by atoms with E-state index >= 15 is 0 Å². The van der Waals surface area contributed by atoms with E-state index < -0.39 is 8.07 Å². The third kappa shape index (κ3) is 2.85. The van der Waals surface area contributed by atoms with Gasteiger partial charge in [0.05, 0.1) is 14.7 Å². The fourth-order valence-electron chi connectivity index (χ4n) is 1.95. The first-order chi connectivity index (χ1) is 7.50. The zero-order chi connectivity index (χ0) is 12.2. The summed E-state index contributed by atoms with van der Waals surface area (Å²) in [7, 11) is -1.65. The minimum atomic E-state index is -1.65. The van der Waals surface area contributed by atoms with Gasteiger partial charge in [-0.3, -0.25) is 4.79 Å². The smallest absolute Gasteiger partial charge is 0.305 e. The van der Waals surface area contributed by atoms with Crippen LogP contribution in [-0.2, 0) is 9.53 Å². The van der Waals surface area contributed by atoms with Gasteiger partial charge in [0.2, 0.25) is 0 Å². The molecular weight excluding hydrogens is 216 g/mol. The molecule has 0 amide bonds. The van der Waals surface area contributed by atoms with Crippen LogP contribution in [0.5, 0.6) is 0 Å². The van der Waals surface area contributed by atoms with E-state index in [4.69, 9.17) is 4.74 Å². The fourth-order valence-corrected chi connectivity index (χ4v) is 4.48. The summed E-state index contributed by atoms with van der Waals surface area (Å²) >= 11 is 0. The van der Waals surface area contributed by atoms with E-state index in [9.17, 15) is 4.79 Å². The lowest BCUT2D eigenvalue weighted by atomic mass is 10.2. The van der Waals surface area contributed by atoms with Gasteiger partial charge in [0, 0.05) is 5.54 Å². The molecule has 2 nitrogen and oxygen atoms in total. The molecule has 16 heavy (non-hydrogen) atoms. The summed E-state index contributed by atoms with van der Waals surface area (Å²) in [5, 5.41) is 0. The van der Waals surface area contributed by atoms with E-state index in [1.165, 1.54) is 0 Å². The van der Waals surface area contributed by atoms with Crippen LogP contribution in [0, 0.1) is 0 Å². The van der Waals surface area contributed by atoms with Gasteiger partial charge >= 0.3 is 5.97 Å². The number of carbonyl (C=O) groups excluding carboxylic acids is 1. The molecule has 0 aromatic carbocycles. The van der Waals surface area contributed by atoms with E-state index in [1.54, 1.807) is 0 Å². The number of hydrogen-bond acceptors (Lipinski definition) is 2. The summed E-state index contributed by atoms with van der Waals surface area (Å²) in [6.45, 7) is 8.88. The molecule has 1 aliphatic rings. The maximum Gasteiger partial charge on any atom is 0.305 e. The summed E-state index contributed by atoms with van der Waals surface area (Å²) in [5.74, 6) is -0.0356. The van der Waals surface area contributed by atoms with Crippen LogP contribution in [0.4, 0.5) is 0 Å². The second-order valence-corrected chi connectivity index (χ2v) is 10.1. The molecule has 0 radical (unpaired) electrons. The van der Waals surface area contributed by atoms with Crippen molar-refractivity contribution >= 4 is 14.0 Å². The third-order valence-corrected chi connectivity index (χ3v) is 8.15. The summed E-state index contributed by atoms with van der Waals surface area (Å²) in [5.41, 5.74) is 0.505. The monoisotopic (exact) mass is 238 g/mol. The van der Waals surface area contributed by atoms with Crippen molar-refractivity contribution in [2.24, 2.45) is 0 Å². The van der Waals surface area contributed by atoms with E-state index in [0.717, 1.165) is 6.42 Å². The molecule has 0 heterocycles. The molecule has 0 fully saturated rings. The first-order valence-corrected chi connectivity index (χ1v) is 9.15. The molecule has 1 aliphatic carbocycles. The van der Waals surface area contributed by atoms with Gasteiger partial charge in [-0.05, 0) is 18.9 Å². The predicted molar refractivity (Wildman–Crippen MR) is 70.2 cm³/mol. The van der Waals surface area contributed by atoms with Crippen molar-refractivity contribution in [1.82, 2.24) is 0 Å². The Balaban J connectivity index is 2.75. The molecule has 0 spiro atoms. The van der Waals surface area contributed by atoms with Crippen LogP contribution < -0.4 is 0 Å².